The molecule has 0 heterocycles. The molecule has 2 heteroatoms. The Bertz CT molecular complexity index is 370. The number of carbonyl (C=O) groups is 1. The zero-order chi connectivity index (χ0) is 14.3. The topological polar surface area (TPSA) is 29.1 Å². The van der Waals surface area contributed by atoms with Gasteiger partial charge in [0, 0.05) is 6.04 Å². The molecule has 0 aromatic heterocycles. The molecule has 19 heavy (non-hydrogen) atoms. The van der Waals surface area contributed by atoms with Crippen molar-refractivity contribution in [2.24, 2.45) is 5.92 Å². The fraction of sp³-hybridized carbons (Fsp3) is 0.588. The van der Waals surface area contributed by atoms with Gasteiger partial charge in [-0.2, -0.15) is 0 Å². The first-order chi connectivity index (χ1) is 9.13. The fourth-order valence-corrected chi connectivity index (χ4v) is 2.42. The average Bonchev–Trinajstić information content (AvgIpc) is 2.45. The normalized spacial score (nSPS) is 14.2. The summed E-state index contributed by atoms with van der Waals surface area (Å²) in [6, 6.07) is 10.4. The lowest BCUT2D eigenvalue weighted by Crippen LogP contribution is -2.39. The van der Waals surface area contributed by atoms with E-state index < -0.39 is 0 Å². The van der Waals surface area contributed by atoms with E-state index in [1.54, 1.807) is 0 Å². The van der Waals surface area contributed by atoms with Gasteiger partial charge in [-0.25, -0.2) is 0 Å². The first-order valence-electron chi connectivity index (χ1n) is 7.49. The molecule has 1 N–H and O–H groups in total. The predicted molar refractivity (Wildman–Crippen MR) is 81.2 cm³/mol. The third-order valence-corrected chi connectivity index (χ3v) is 3.99. The van der Waals surface area contributed by atoms with Crippen molar-refractivity contribution >= 4 is 5.91 Å². The molecule has 1 rings (SSSR count). The summed E-state index contributed by atoms with van der Waals surface area (Å²) in [5, 5.41) is 3.19. The van der Waals surface area contributed by atoms with Gasteiger partial charge in [-0.3, -0.25) is 4.79 Å². The predicted octanol–water partition coefficient (Wildman–Crippen LogP) is 4.12. The van der Waals surface area contributed by atoms with E-state index in [-0.39, 0.29) is 11.8 Å². The molecule has 0 fully saturated rings. The molecule has 0 saturated heterocycles. The van der Waals surface area contributed by atoms with Crippen molar-refractivity contribution < 1.29 is 4.79 Å². The van der Waals surface area contributed by atoms with Crippen LogP contribution in [0.2, 0.25) is 0 Å². The third-order valence-electron chi connectivity index (χ3n) is 3.99. The lowest BCUT2D eigenvalue weighted by atomic mass is 9.84. The highest BCUT2D eigenvalue weighted by atomic mass is 16.1. The molecule has 0 aliphatic heterocycles. The van der Waals surface area contributed by atoms with Crippen molar-refractivity contribution in [3.63, 3.8) is 0 Å². The third kappa shape index (κ3) is 4.38. The molecular formula is C17H27NO. The summed E-state index contributed by atoms with van der Waals surface area (Å²) in [4.78, 5) is 12.6. The van der Waals surface area contributed by atoms with Gasteiger partial charge in [0.15, 0.2) is 0 Å². The highest BCUT2D eigenvalue weighted by molar-refractivity contribution is 5.84. The maximum atomic E-state index is 12.6. The Kier molecular flexibility index (Phi) is 6.61. The smallest absolute Gasteiger partial charge is 0.228 e. The van der Waals surface area contributed by atoms with E-state index in [9.17, 15) is 4.79 Å². The number of nitrogens with one attached hydrogen (secondary N) is 1. The lowest BCUT2D eigenvalue weighted by molar-refractivity contribution is -0.124. The molecule has 2 nitrogen and oxygen atoms in total. The van der Waals surface area contributed by atoms with Crippen LogP contribution in [0.25, 0.3) is 0 Å². The number of rotatable bonds is 7. The number of hydrogen-bond acceptors (Lipinski definition) is 1. The first-order valence-corrected chi connectivity index (χ1v) is 7.49. The number of hydrogen-bond donors (Lipinski definition) is 1. The number of benzene rings is 1. The molecule has 0 bridgehead atoms. The van der Waals surface area contributed by atoms with Gasteiger partial charge in [-0.05, 0) is 24.3 Å². The van der Waals surface area contributed by atoms with E-state index in [0.29, 0.717) is 12.0 Å². The Hall–Kier alpha value is -1.31. The quantitative estimate of drug-likeness (QED) is 0.786. The number of carbonyl (C=O) groups excluding carboxylic acids is 1. The second-order valence-corrected chi connectivity index (χ2v) is 5.30. The molecule has 0 aliphatic carbocycles. The van der Waals surface area contributed by atoms with E-state index in [1.165, 1.54) is 0 Å². The van der Waals surface area contributed by atoms with Crippen LogP contribution in [-0.4, -0.2) is 11.9 Å². The summed E-state index contributed by atoms with van der Waals surface area (Å²) in [5.74, 6) is 0.498. The standard InChI is InChI=1S/C17H27NO/c1-5-13(4)16(14-11-9-8-10-12-14)17(19)18-15(6-2)7-3/h8-13,15-16H,5-7H2,1-4H3,(H,18,19). The molecule has 1 amide bonds. The van der Waals surface area contributed by atoms with Crippen LogP contribution in [-0.2, 0) is 4.79 Å². The minimum Gasteiger partial charge on any atom is -0.353 e. The summed E-state index contributed by atoms with van der Waals surface area (Å²) in [6.07, 6.45) is 2.99. The molecular weight excluding hydrogens is 234 g/mol. The van der Waals surface area contributed by atoms with E-state index in [1.807, 2.05) is 18.2 Å². The zero-order valence-electron chi connectivity index (χ0n) is 12.6. The zero-order valence-corrected chi connectivity index (χ0v) is 12.6. The molecule has 0 radical (unpaired) electrons. The van der Waals surface area contributed by atoms with Crippen molar-refractivity contribution in [3.05, 3.63) is 35.9 Å². The monoisotopic (exact) mass is 261 g/mol. The van der Waals surface area contributed by atoms with Gasteiger partial charge in [-0.15, -0.1) is 0 Å². The molecule has 2 atom stereocenters. The Morgan fingerprint density at radius 1 is 1.05 bits per heavy atom. The average molecular weight is 261 g/mol. The largest absolute Gasteiger partial charge is 0.353 e. The van der Waals surface area contributed by atoms with Crippen molar-refractivity contribution in [3.8, 4) is 0 Å². The summed E-state index contributed by atoms with van der Waals surface area (Å²) < 4.78 is 0. The van der Waals surface area contributed by atoms with Crippen molar-refractivity contribution in [1.29, 1.82) is 0 Å². The highest BCUT2D eigenvalue weighted by Gasteiger charge is 2.26. The van der Waals surface area contributed by atoms with Crippen molar-refractivity contribution in [1.82, 2.24) is 5.32 Å². The SMILES string of the molecule is CCC(CC)NC(=O)C(c1ccccc1)C(C)CC. The minimum atomic E-state index is -0.0354. The summed E-state index contributed by atoms with van der Waals surface area (Å²) >= 11 is 0. The Balaban J connectivity index is 2.89. The molecule has 0 aliphatic rings. The van der Waals surface area contributed by atoms with Gasteiger partial charge in [-0.1, -0.05) is 64.4 Å². The van der Waals surface area contributed by atoms with Crippen LogP contribution in [0.4, 0.5) is 0 Å². The van der Waals surface area contributed by atoms with Crippen LogP contribution in [0.15, 0.2) is 30.3 Å². The second-order valence-electron chi connectivity index (χ2n) is 5.30. The van der Waals surface area contributed by atoms with Gasteiger partial charge in [0.2, 0.25) is 5.91 Å². The van der Waals surface area contributed by atoms with Gasteiger partial charge < -0.3 is 5.32 Å². The van der Waals surface area contributed by atoms with Gasteiger partial charge in [0.1, 0.15) is 0 Å². The van der Waals surface area contributed by atoms with Crippen LogP contribution in [0.5, 0.6) is 0 Å². The van der Waals surface area contributed by atoms with Crippen molar-refractivity contribution in [2.75, 3.05) is 0 Å². The van der Waals surface area contributed by atoms with Gasteiger partial charge in [0.05, 0.1) is 5.92 Å². The Morgan fingerprint density at radius 2 is 1.63 bits per heavy atom. The molecule has 2 unspecified atom stereocenters. The molecule has 0 spiro atoms. The van der Waals surface area contributed by atoms with E-state index in [0.717, 1.165) is 24.8 Å². The van der Waals surface area contributed by atoms with Crippen LogP contribution in [0.3, 0.4) is 0 Å². The Labute approximate surface area is 117 Å². The molecule has 1 aromatic rings. The van der Waals surface area contributed by atoms with E-state index in [4.69, 9.17) is 0 Å². The van der Waals surface area contributed by atoms with E-state index >= 15 is 0 Å². The lowest BCUT2D eigenvalue weighted by Gasteiger charge is -2.25. The van der Waals surface area contributed by atoms with E-state index in [2.05, 4.69) is 45.1 Å². The summed E-state index contributed by atoms with van der Waals surface area (Å²) in [7, 11) is 0. The minimum absolute atomic E-state index is 0.0354. The van der Waals surface area contributed by atoms with Crippen LogP contribution >= 0.6 is 0 Å². The molecule has 106 valence electrons. The molecule has 1 aromatic carbocycles. The first kappa shape index (κ1) is 15.7. The van der Waals surface area contributed by atoms with Gasteiger partial charge >= 0.3 is 0 Å². The van der Waals surface area contributed by atoms with Crippen LogP contribution < -0.4 is 5.32 Å². The van der Waals surface area contributed by atoms with Gasteiger partial charge in [0.25, 0.3) is 0 Å². The van der Waals surface area contributed by atoms with Crippen LogP contribution in [0, 0.1) is 5.92 Å². The number of amides is 1. The van der Waals surface area contributed by atoms with Crippen LogP contribution in [0.1, 0.15) is 58.4 Å². The maximum Gasteiger partial charge on any atom is 0.228 e. The van der Waals surface area contributed by atoms with Crippen molar-refractivity contribution in [2.45, 2.75) is 58.9 Å². The summed E-state index contributed by atoms with van der Waals surface area (Å²) in [6.45, 7) is 8.54. The fourth-order valence-electron chi connectivity index (χ4n) is 2.42. The summed E-state index contributed by atoms with van der Waals surface area (Å²) in [5.41, 5.74) is 1.13. The Morgan fingerprint density at radius 3 is 2.11 bits per heavy atom. The maximum absolute atomic E-state index is 12.6. The second kappa shape index (κ2) is 7.98. The molecule has 0 saturated carbocycles. The highest BCUT2D eigenvalue weighted by Crippen LogP contribution is 2.27.